The van der Waals surface area contributed by atoms with Crippen molar-refractivity contribution < 1.29 is 27.5 Å². The number of aryl methyl sites for hydroxylation is 1. The first-order chi connectivity index (χ1) is 17.6. The summed E-state index contributed by atoms with van der Waals surface area (Å²) in [6, 6.07) is 6.72. The SMILES string of the molecule is CCO[C@H]1CN(C2CCC(n3ccc(C)n3)CC2)C[C@@H]1NC(=O)CNC(=O)c1cccc(C(F)(F)F)c1. The Labute approximate surface area is 214 Å². The van der Waals surface area contributed by atoms with Crippen molar-refractivity contribution in [2.45, 2.75) is 69.9 Å². The third-order valence-corrected chi connectivity index (χ3v) is 7.18. The van der Waals surface area contributed by atoms with E-state index in [0.717, 1.165) is 43.5 Å². The first-order valence-electron chi connectivity index (χ1n) is 12.8. The quantitative estimate of drug-likeness (QED) is 0.557. The van der Waals surface area contributed by atoms with E-state index < -0.39 is 23.6 Å². The number of hydrogen-bond acceptors (Lipinski definition) is 5. The van der Waals surface area contributed by atoms with Crippen molar-refractivity contribution in [1.82, 2.24) is 25.3 Å². The molecule has 2 heterocycles. The Morgan fingerprint density at radius 3 is 2.49 bits per heavy atom. The van der Waals surface area contributed by atoms with Gasteiger partial charge in [-0.3, -0.25) is 19.2 Å². The standard InChI is InChI=1S/C26H34F3N5O3/c1-3-37-23-16-33(20-7-9-21(10-8-20)34-12-11-17(2)32-34)15-22(23)31-24(35)14-30-25(36)18-5-4-6-19(13-18)26(27,28)29/h4-6,11-13,20-23H,3,7-10,14-16H2,1-2H3,(H,30,36)(H,31,35)/t20?,21?,22-,23-/m0/s1. The minimum absolute atomic E-state index is 0.150. The van der Waals surface area contributed by atoms with Crippen LogP contribution in [0.2, 0.25) is 0 Å². The molecule has 11 heteroatoms. The smallest absolute Gasteiger partial charge is 0.375 e. The van der Waals surface area contributed by atoms with Crippen LogP contribution in [0.15, 0.2) is 36.5 Å². The number of ether oxygens (including phenoxy) is 1. The number of benzene rings is 1. The summed E-state index contributed by atoms with van der Waals surface area (Å²) in [4.78, 5) is 27.3. The number of nitrogens with one attached hydrogen (secondary N) is 2. The van der Waals surface area contributed by atoms with Crippen LogP contribution in [0.3, 0.4) is 0 Å². The van der Waals surface area contributed by atoms with E-state index >= 15 is 0 Å². The van der Waals surface area contributed by atoms with Crippen molar-refractivity contribution in [2.75, 3.05) is 26.2 Å². The molecule has 202 valence electrons. The van der Waals surface area contributed by atoms with Crippen molar-refractivity contribution in [3.05, 3.63) is 53.3 Å². The van der Waals surface area contributed by atoms with E-state index in [1.54, 1.807) is 0 Å². The van der Waals surface area contributed by atoms with Gasteiger partial charge < -0.3 is 15.4 Å². The molecule has 2 fully saturated rings. The van der Waals surface area contributed by atoms with Crippen molar-refractivity contribution in [3.63, 3.8) is 0 Å². The number of hydrogen-bond donors (Lipinski definition) is 2. The van der Waals surface area contributed by atoms with Gasteiger partial charge in [-0.25, -0.2) is 0 Å². The zero-order valence-corrected chi connectivity index (χ0v) is 21.1. The van der Waals surface area contributed by atoms with Crippen molar-refractivity contribution in [1.29, 1.82) is 0 Å². The van der Waals surface area contributed by atoms with Crippen LogP contribution in [0, 0.1) is 6.92 Å². The van der Waals surface area contributed by atoms with Gasteiger partial charge in [0.25, 0.3) is 5.91 Å². The number of amides is 2. The topological polar surface area (TPSA) is 88.5 Å². The molecule has 1 aliphatic carbocycles. The molecule has 2 aliphatic rings. The average molecular weight is 522 g/mol. The van der Waals surface area contributed by atoms with Gasteiger partial charge in [-0.1, -0.05) is 6.07 Å². The minimum Gasteiger partial charge on any atom is -0.375 e. The molecule has 1 aromatic heterocycles. The Bertz CT molecular complexity index is 1080. The molecule has 2 aromatic rings. The predicted molar refractivity (Wildman–Crippen MR) is 131 cm³/mol. The second-order valence-electron chi connectivity index (χ2n) is 9.78. The van der Waals surface area contributed by atoms with Crippen LogP contribution in [0.4, 0.5) is 13.2 Å². The van der Waals surface area contributed by atoms with Crippen LogP contribution in [-0.2, 0) is 15.7 Å². The normalized spacial score (nSPS) is 24.7. The Morgan fingerprint density at radius 1 is 1.11 bits per heavy atom. The number of rotatable bonds is 8. The van der Waals surface area contributed by atoms with E-state index in [0.29, 0.717) is 31.8 Å². The second-order valence-corrected chi connectivity index (χ2v) is 9.78. The zero-order chi connectivity index (χ0) is 26.6. The molecular weight excluding hydrogens is 487 g/mol. The first-order valence-corrected chi connectivity index (χ1v) is 12.8. The summed E-state index contributed by atoms with van der Waals surface area (Å²) < 4.78 is 46.7. The molecule has 4 rings (SSSR count). The fourth-order valence-electron chi connectivity index (χ4n) is 5.30. The molecule has 37 heavy (non-hydrogen) atoms. The van der Waals surface area contributed by atoms with Gasteiger partial charge in [0.15, 0.2) is 0 Å². The van der Waals surface area contributed by atoms with E-state index in [-0.39, 0.29) is 24.3 Å². The van der Waals surface area contributed by atoms with Crippen LogP contribution in [0.1, 0.15) is 60.3 Å². The van der Waals surface area contributed by atoms with Crippen LogP contribution in [-0.4, -0.2) is 70.9 Å². The van der Waals surface area contributed by atoms with E-state index in [1.807, 2.05) is 26.1 Å². The highest BCUT2D eigenvalue weighted by atomic mass is 19.4. The lowest BCUT2D eigenvalue weighted by atomic mass is 9.90. The van der Waals surface area contributed by atoms with E-state index in [4.69, 9.17) is 4.74 Å². The van der Waals surface area contributed by atoms with Gasteiger partial charge in [0.1, 0.15) is 0 Å². The van der Waals surface area contributed by atoms with Crippen LogP contribution < -0.4 is 10.6 Å². The van der Waals surface area contributed by atoms with E-state index in [1.165, 1.54) is 12.1 Å². The molecule has 1 aromatic carbocycles. The summed E-state index contributed by atoms with van der Waals surface area (Å²) in [5.41, 5.74) is -0.0440. The number of halogens is 3. The summed E-state index contributed by atoms with van der Waals surface area (Å²) in [6.07, 6.45) is 1.48. The summed E-state index contributed by atoms with van der Waals surface area (Å²) >= 11 is 0. The lowest BCUT2D eigenvalue weighted by Crippen LogP contribution is -2.48. The summed E-state index contributed by atoms with van der Waals surface area (Å²) in [6.45, 7) is 5.45. The largest absolute Gasteiger partial charge is 0.416 e. The maximum absolute atomic E-state index is 12.9. The number of carbonyl (C=O) groups is 2. The molecular formula is C26H34F3N5O3. The van der Waals surface area contributed by atoms with E-state index in [9.17, 15) is 22.8 Å². The third-order valence-electron chi connectivity index (χ3n) is 7.18. The molecule has 2 amide bonds. The highest BCUT2D eigenvalue weighted by molar-refractivity contribution is 5.96. The Kier molecular flexibility index (Phi) is 8.53. The molecule has 1 aliphatic heterocycles. The molecule has 0 radical (unpaired) electrons. The van der Waals surface area contributed by atoms with Crippen LogP contribution >= 0.6 is 0 Å². The lowest BCUT2D eigenvalue weighted by molar-refractivity contribution is -0.137. The summed E-state index contributed by atoms with van der Waals surface area (Å²) in [5.74, 6) is -1.14. The first kappa shape index (κ1) is 27.1. The number of carbonyl (C=O) groups excluding carboxylic acids is 2. The fourth-order valence-corrected chi connectivity index (χ4v) is 5.30. The van der Waals surface area contributed by atoms with Gasteiger partial charge in [0.05, 0.1) is 36.0 Å². The number of likely N-dealkylation sites (tertiary alicyclic amines) is 1. The predicted octanol–water partition coefficient (Wildman–Crippen LogP) is 3.33. The van der Waals surface area contributed by atoms with Gasteiger partial charge >= 0.3 is 6.18 Å². The van der Waals surface area contributed by atoms with Crippen molar-refractivity contribution >= 4 is 11.8 Å². The molecule has 1 saturated heterocycles. The second kappa shape index (κ2) is 11.6. The van der Waals surface area contributed by atoms with Gasteiger partial charge in [0, 0.05) is 37.5 Å². The maximum Gasteiger partial charge on any atom is 0.416 e. The molecule has 0 spiro atoms. The number of aromatic nitrogens is 2. The van der Waals surface area contributed by atoms with Crippen LogP contribution in [0.5, 0.6) is 0 Å². The Balaban J connectivity index is 1.28. The highest BCUT2D eigenvalue weighted by Gasteiger charge is 2.39. The third kappa shape index (κ3) is 6.89. The fraction of sp³-hybridized carbons (Fsp3) is 0.577. The van der Waals surface area contributed by atoms with Gasteiger partial charge in [-0.15, -0.1) is 0 Å². The molecule has 0 unspecified atom stereocenters. The van der Waals surface area contributed by atoms with E-state index in [2.05, 4.69) is 25.3 Å². The molecule has 2 atom stereocenters. The number of nitrogens with zero attached hydrogens (tertiary/aromatic N) is 3. The van der Waals surface area contributed by atoms with Crippen molar-refractivity contribution in [3.8, 4) is 0 Å². The Morgan fingerprint density at radius 2 is 1.84 bits per heavy atom. The summed E-state index contributed by atoms with van der Waals surface area (Å²) in [5, 5.41) is 9.92. The van der Waals surface area contributed by atoms with Gasteiger partial charge in [-0.05, 0) is 63.8 Å². The summed E-state index contributed by atoms with van der Waals surface area (Å²) in [7, 11) is 0. The molecule has 1 saturated carbocycles. The maximum atomic E-state index is 12.9. The number of alkyl halides is 3. The lowest BCUT2D eigenvalue weighted by Gasteiger charge is -2.34. The molecule has 8 nitrogen and oxygen atoms in total. The molecule has 2 N–H and O–H groups in total. The van der Waals surface area contributed by atoms with Gasteiger partial charge in [-0.2, -0.15) is 18.3 Å². The molecule has 0 bridgehead atoms. The van der Waals surface area contributed by atoms with Crippen molar-refractivity contribution in [2.24, 2.45) is 0 Å². The highest BCUT2D eigenvalue weighted by Crippen LogP contribution is 2.33. The monoisotopic (exact) mass is 521 g/mol. The minimum atomic E-state index is -4.55. The average Bonchev–Trinajstić information content (AvgIpc) is 3.48. The van der Waals surface area contributed by atoms with Crippen LogP contribution in [0.25, 0.3) is 0 Å². The Hall–Kier alpha value is -2.92. The van der Waals surface area contributed by atoms with Gasteiger partial charge in [0.2, 0.25) is 5.91 Å². The zero-order valence-electron chi connectivity index (χ0n) is 21.1.